The normalized spacial score (nSPS) is 16.6. The molecule has 2 heterocycles. The fraction of sp³-hybridized carbons (Fsp3) is 0.389. The van der Waals surface area contributed by atoms with Crippen LogP contribution in [0, 0.1) is 0 Å². The fourth-order valence-electron chi connectivity index (χ4n) is 2.71. The van der Waals surface area contributed by atoms with E-state index < -0.39 is 5.97 Å². The minimum Gasteiger partial charge on any atom is -0.462 e. The molecule has 1 saturated heterocycles. The van der Waals surface area contributed by atoms with Crippen molar-refractivity contribution in [3.8, 4) is 11.4 Å². The van der Waals surface area contributed by atoms with Gasteiger partial charge in [-0.25, -0.2) is 14.8 Å². The Morgan fingerprint density at radius 1 is 1.48 bits per heavy atom. The zero-order chi connectivity index (χ0) is 17.6. The molecule has 0 saturated carbocycles. The van der Waals surface area contributed by atoms with E-state index >= 15 is 0 Å². The van der Waals surface area contributed by atoms with Crippen molar-refractivity contribution in [2.24, 2.45) is 0 Å². The number of carbonyl (C=O) groups excluding carboxylic acids is 1. The number of nitrogens with one attached hydrogen (secondary N) is 1. The summed E-state index contributed by atoms with van der Waals surface area (Å²) in [6, 6.07) is 7.31. The minimum absolute atomic E-state index is 0.126. The van der Waals surface area contributed by atoms with Crippen LogP contribution < -0.4 is 11.1 Å². The number of ether oxygens (including phenoxy) is 2. The molecule has 1 aromatic carbocycles. The van der Waals surface area contributed by atoms with Gasteiger partial charge in [0.2, 0.25) is 0 Å². The molecular formula is C18H22N4O3. The van der Waals surface area contributed by atoms with E-state index in [-0.39, 0.29) is 6.10 Å². The van der Waals surface area contributed by atoms with E-state index in [0.29, 0.717) is 36.0 Å². The van der Waals surface area contributed by atoms with Crippen LogP contribution in [0.4, 0.5) is 11.5 Å². The summed E-state index contributed by atoms with van der Waals surface area (Å²) < 4.78 is 10.7. The molecule has 0 unspecified atom stereocenters. The third-order valence-electron chi connectivity index (χ3n) is 3.95. The number of nitrogens with zero attached hydrogens (tertiary/aromatic N) is 2. The van der Waals surface area contributed by atoms with Gasteiger partial charge in [0.25, 0.3) is 0 Å². The molecule has 0 aliphatic carbocycles. The number of aromatic nitrogens is 2. The average molecular weight is 342 g/mol. The van der Waals surface area contributed by atoms with Crippen molar-refractivity contribution < 1.29 is 14.3 Å². The maximum absolute atomic E-state index is 12.2. The van der Waals surface area contributed by atoms with Gasteiger partial charge in [-0.05, 0) is 31.9 Å². The number of esters is 1. The zero-order valence-electron chi connectivity index (χ0n) is 14.2. The summed E-state index contributed by atoms with van der Waals surface area (Å²) in [5, 5.41) is 3.21. The van der Waals surface area contributed by atoms with Crippen LogP contribution in [0.5, 0.6) is 0 Å². The number of hydrogen-bond acceptors (Lipinski definition) is 7. The van der Waals surface area contributed by atoms with Gasteiger partial charge in [0, 0.05) is 30.6 Å². The Morgan fingerprint density at radius 3 is 3.08 bits per heavy atom. The maximum atomic E-state index is 12.2. The molecule has 25 heavy (non-hydrogen) atoms. The van der Waals surface area contributed by atoms with E-state index in [1.807, 2.05) is 12.1 Å². The van der Waals surface area contributed by atoms with Gasteiger partial charge in [-0.2, -0.15) is 0 Å². The quantitative estimate of drug-likeness (QED) is 0.614. The van der Waals surface area contributed by atoms with Crippen LogP contribution in [0.15, 0.2) is 30.5 Å². The molecule has 132 valence electrons. The molecule has 0 bridgehead atoms. The Kier molecular flexibility index (Phi) is 5.45. The van der Waals surface area contributed by atoms with Gasteiger partial charge >= 0.3 is 5.97 Å². The summed E-state index contributed by atoms with van der Waals surface area (Å²) in [5.41, 5.74) is 7.56. The van der Waals surface area contributed by atoms with Gasteiger partial charge < -0.3 is 20.5 Å². The maximum Gasteiger partial charge on any atom is 0.343 e. The van der Waals surface area contributed by atoms with E-state index in [1.165, 1.54) is 6.20 Å². The molecule has 0 radical (unpaired) electrons. The van der Waals surface area contributed by atoms with Crippen LogP contribution in [0.2, 0.25) is 0 Å². The van der Waals surface area contributed by atoms with Crippen LogP contribution in [0.3, 0.4) is 0 Å². The second-order valence-electron chi connectivity index (χ2n) is 5.82. The van der Waals surface area contributed by atoms with Gasteiger partial charge in [0.05, 0.1) is 12.7 Å². The number of hydrogen-bond donors (Lipinski definition) is 2. The monoisotopic (exact) mass is 342 g/mol. The number of rotatable bonds is 6. The lowest BCUT2D eigenvalue weighted by atomic mass is 10.2. The summed E-state index contributed by atoms with van der Waals surface area (Å²) in [7, 11) is 0. The molecule has 1 aromatic heterocycles. The Balaban J connectivity index is 1.88. The molecule has 3 N–H and O–H groups in total. The minimum atomic E-state index is -0.448. The molecule has 0 amide bonds. The van der Waals surface area contributed by atoms with Crippen LogP contribution in [0.25, 0.3) is 11.4 Å². The van der Waals surface area contributed by atoms with Crippen molar-refractivity contribution in [2.75, 3.05) is 30.8 Å². The number of carbonyl (C=O) groups is 1. The smallest absolute Gasteiger partial charge is 0.343 e. The first-order valence-electron chi connectivity index (χ1n) is 8.43. The van der Waals surface area contributed by atoms with Crippen LogP contribution >= 0.6 is 0 Å². The van der Waals surface area contributed by atoms with Crippen molar-refractivity contribution in [3.05, 3.63) is 36.0 Å². The van der Waals surface area contributed by atoms with Crippen molar-refractivity contribution in [1.82, 2.24) is 9.97 Å². The van der Waals surface area contributed by atoms with Crippen molar-refractivity contribution in [2.45, 2.75) is 25.9 Å². The van der Waals surface area contributed by atoms with E-state index in [9.17, 15) is 4.79 Å². The van der Waals surface area contributed by atoms with E-state index in [0.717, 1.165) is 25.0 Å². The summed E-state index contributed by atoms with van der Waals surface area (Å²) >= 11 is 0. The number of anilines is 2. The largest absolute Gasteiger partial charge is 0.462 e. The molecule has 1 aliphatic heterocycles. The SMILES string of the molecule is CCOC(=O)c1cnc(-c2cccc(N)c2)nc1NC[C@H]1CCCO1. The highest BCUT2D eigenvalue weighted by molar-refractivity contribution is 5.94. The van der Waals surface area contributed by atoms with Crippen molar-refractivity contribution in [1.29, 1.82) is 0 Å². The van der Waals surface area contributed by atoms with Gasteiger partial charge in [-0.3, -0.25) is 0 Å². The Hall–Kier alpha value is -2.67. The lowest BCUT2D eigenvalue weighted by molar-refractivity contribution is 0.0526. The molecule has 2 aromatic rings. The molecule has 3 rings (SSSR count). The van der Waals surface area contributed by atoms with Gasteiger partial charge in [-0.15, -0.1) is 0 Å². The van der Waals surface area contributed by atoms with Gasteiger partial charge in [0.15, 0.2) is 5.82 Å². The van der Waals surface area contributed by atoms with Crippen LogP contribution in [-0.2, 0) is 9.47 Å². The zero-order valence-corrected chi connectivity index (χ0v) is 14.2. The van der Waals surface area contributed by atoms with Gasteiger partial charge in [-0.1, -0.05) is 12.1 Å². The lowest BCUT2D eigenvalue weighted by Crippen LogP contribution is -2.21. The molecule has 7 nitrogen and oxygen atoms in total. The standard InChI is InChI=1S/C18H22N4O3/c1-2-24-18(23)15-11-21-16(12-5-3-6-13(19)9-12)22-17(15)20-10-14-7-4-8-25-14/h3,5-6,9,11,14H,2,4,7-8,10,19H2,1H3,(H,20,21,22)/t14-/m1/s1. The van der Waals surface area contributed by atoms with Gasteiger partial charge in [0.1, 0.15) is 11.4 Å². The second kappa shape index (κ2) is 7.94. The highest BCUT2D eigenvalue weighted by atomic mass is 16.5. The molecule has 1 atom stereocenters. The molecular weight excluding hydrogens is 320 g/mol. The molecule has 1 aliphatic rings. The lowest BCUT2D eigenvalue weighted by Gasteiger charge is -2.14. The van der Waals surface area contributed by atoms with Crippen molar-refractivity contribution in [3.63, 3.8) is 0 Å². The van der Waals surface area contributed by atoms with E-state index in [1.54, 1.807) is 19.1 Å². The first-order chi connectivity index (χ1) is 12.2. The number of benzene rings is 1. The fourth-order valence-corrected chi connectivity index (χ4v) is 2.71. The predicted octanol–water partition coefficient (Wildman–Crippen LogP) is 2.49. The van der Waals surface area contributed by atoms with E-state index in [2.05, 4.69) is 15.3 Å². The predicted molar refractivity (Wildman–Crippen MR) is 95.3 cm³/mol. The summed E-state index contributed by atoms with van der Waals surface area (Å²) in [4.78, 5) is 21.0. The highest BCUT2D eigenvalue weighted by Crippen LogP contribution is 2.22. The summed E-state index contributed by atoms with van der Waals surface area (Å²) in [5.74, 6) is 0.494. The molecule has 0 spiro atoms. The first-order valence-corrected chi connectivity index (χ1v) is 8.43. The van der Waals surface area contributed by atoms with Crippen molar-refractivity contribution >= 4 is 17.5 Å². The van der Waals surface area contributed by atoms with Crippen LogP contribution in [0.1, 0.15) is 30.1 Å². The second-order valence-corrected chi connectivity index (χ2v) is 5.82. The molecule has 7 heteroatoms. The third-order valence-corrected chi connectivity index (χ3v) is 3.95. The number of nitrogens with two attached hydrogens (primary N) is 1. The van der Waals surface area contributed by atoms with E-state index in [4.69, 9.17) is 15.2 Å². The summed E-state index contributed by atoms with van der Waals surface area (Å²) in [6.07, 6.45) is 3.66. The average Bonchev–Trinajstić information content (AvgIpc) is 3.13. The Morgan fingerprint density at radius 2 is 2.36 bits per heavy atom. The molecule has 1 fully saturated rings. The third kappa shape index (κ3) is 4.24. The Labute approximate surface area is 146 Å². The number of nitrogen functional groups attached to an aromatic ring is 1. The summed E-state index contributed by atoms with van der Waals surface area (Å²) in [6.45, 7) is 3.41. The highest BCUT2D eigenvalue weighted by Gasteiger charge is 2.20. The topological polar surface area (TPSA) is 99.4 Å². The Bertz CT molecular complexity index is 745. The first kappa shape index (κ1) is 17.2. The van der Waals surface area contributed by atoms with Crippen LogP contribution in [-0.4, -0.2) is 41.8 Å².